The third-order valence-corrected chi connectivity index (χ3v) is 5.96. The van der Waals surface area contributed by atoms with Crippen molar-refractivity contribution < 1.29 is 31.1 Å². The predicted molar refractivity (Wildman–Crippen MR) is 94.2 cm³/mol. The van der Waals surface area contributed by atoms with Crippen LogP contribution in [-0.4, -0.2) is 51.6 Å². The van der Waals surface area contributed by atoms with Crippen LogP contribution in [0.1, 0.15) is 18.9 Å². The second-order valence-electron chi connectivity index (χ2n) is 6.53. The third kappa shape index (κ3) is 7.02. The Hall–Kier alpha value is -1.81. The van der Waals surface area contributed by atoms with Crippen molar-refractivity contribution in [1.82, 2.24) is 10.6 Å². The van der Waals surface area contributed by atoms with Crippen LogP contribution in [0, 0.1) is 5.92 Å². The molecule has 152 valence electrons. The highest BCUT2D eigenvalue weighted by atomic mass is 32.2. The maximum atomic E-state index is 12.7. The van der Waals surface area contributed by atoms with Gasteiger partial charge in [0, 0.05) is 25.9 Å². The molecule has 10 heteroatoms. The summed E-state index contributed by atoms with van der Waals surface area (Å²) in [5.74, 6) is -0.679. The number of rotatable bonds is 8. The standard InChI is InChI=1S/C17H23F3N2O4S/c1-12(23)22-8-9-27(24,25)11-16(13-6-7-21-10-13)26-15-4-2-14(3-5-15)17(18,19)20/h2-5,13,16,21H,6-11H2,1H3,(H,22,23)/t13-,16?/m0/s1. The van der Waals surface area contributed by atoms with E-state index in [1.165, 1.54) is 19.1 Å². The zero-order valence-electron chi connectivity index (χ0n) is 14.9. The summed E-state index contributed by atoms with van der Waals surface area (Å²) in [5, 5.41) is 5.57. The van der Waals surface area contributed by atoms with E-state index in [1.54, 1.807) is 0 Å². The van der Waals surface area contributed by atoms with Crippen LogP contribution in [0.25, 0.3) is 0 Å². The van der Waals surface area contributed by atoms with Gasteiger partial charge < -0.3 is 15.4 Å². The molecule has 1 aromatic rings. The number of ether oxygens (including phenoxy) is 1. The first kappa shape index (κ1) is 21.5. The molecule has 6 nitrogen and oxygen atoms in total. The van der Waals surface area contributed by atoms with Gasteiger partial charge in [0.15, 0.2) is 9.84 Å². The lowest BCUT2D eigenvalue weighted by Gasteiger charge is -2.24. The highest BCUT2D eigenvalue weighted by molar-refractivity contribution is 7.91. The summed E-state index contributed by atoms with van der Waals surface area (Å²) in [5.41, 5.74) is -0.795. The normalized spacial score (nSPS) is 18.9. The number of amides is 1. The molecule has 1 amide bonds. The first-order chi connectivity index (χ1) is 12.6. The van der Waals surface area contributed by atoms with Crippen LogP contribution >= 0.6 is 0 Å². The molecule has 0 bridgehead atoms. The fraction of sp³-hybridized carbons (Fsp3) is 0.588. The van der Waals surface area contributed by atoms with Gasteiger partial charge in [-0.25, -0.2) is 8.42 Å². The highest BCUT2D eigenvalue weighted by Crippen LogP contribution is 2.31. The number of alkyl halides is 3. The quantitative estimate of drug-likeness (QED) is 0.683. The fourth-order valence-electron chi connectivity index (χ4n) is 2.87. The lowest BCUT2D eigenvalue weighted by Crippen LogP contribution is -2.38. The maximum absolute atomic E-state index is 12.7. The molecule has 0 aliphatic carbocycles. The minimum absolute atomic E-state index is 0.00752. The summed E-state index contributed by atoms with van der Waals surface area (Å²) in [7, 11) is -3.51. The zero-order valence-corrected chi connectivity index (χ0v) is 15.7. The van der Waals surface area contributed by atoms with E-state index >= 15 is 0 Å². The smallest absolute Gasteiger partial charge is 0.416 e. The molecule has 2 rings (SSSR count). The third-order valence-electron chi connectivity index (χ3n) is 4.30. The van der Waals surface area contributed by atoms with Gasteiger partial charge in [0.2, 0.25) is 5.91 Å². The van der Waals surface area contributed by atoms with Crippen molar-refractivity contribution in [3.05, 3.63) is 29.8 Å². The Balaban J connectivity index is 2.07. The molecule has 1 heterocycles. The molecule has 1 aliphatic heterocycles. The molecule has 1 fully saturated rings. The van der Waals surface area contributed by atoms with Crippen LogP contribution in [0.15, 0.2) is 24.3 Å². The lowest BCUT2D eigenvalue weighted by atomic mass is 10.0. The molecule has 1 aromatic carbocycles. The summed E-state index contributed by atoms with van der Waals surface area (Å²) in [6.45, 7) is 2.61. The van der Waals surface area contributed by atoms with Gasteiger partial charge in [-0.2, -0.15) is 13.2 Å². The molecule has 0 spiro atoms. The molecule has 0 saturated carbocycles. The molecular weight excluding hydrogens is 385 g/mol. The summed E-state index contributed by atoms with van der Waals surface area (Å²) in [6.07, 6.45) is -4.41. The molecule has 1 unspecified atom stereocenters. The minimum Gasteiger partial charge on any atom is -0.489 e. The number of halogens is 3. The zero-order chi connectivity index (χ0) is 20.1. The molecule has 2 N–H and O–H groups in total. The Morgan fingerprint density at radius 3 is 2.52 bits per heavy atom. The summed E-state index contributed by atoms with van der Waals surface area (Å²) in [4.78, 5) is 10.9. The van der Waals surface area contributed by atoms with Gasteiger partial charge in [-0.05, 0) is 37.2 Å². The van der Waals surface area contributed by atoms with Gasteiger partial charge in [-0.1, -0.05) is 0 Å². The van der Waals surface area contributed by atoms with E-state index in [1.807, 2.05) is 0 Å². The fourth-order valence-corrected chi connectivity index (χ4v) is 4.29. The monoisotopic (exact) mass is 408 g/mol. The van der Waals surface area contributed by atoms with E-state index in [-0.39, 0.29) is 35.6 Å². The molecule has 0 aromatic heterocycles. The van der Waals surface area contributed by atoms with Crippen LogP contribution in [0.5, 0.6) is 5.75 Å². The number of nitrogens with one attached hydrogen (secondary N) is 2. The summed E-state index contributed by atoms with van der Waals surface area (Å²) in [6, 6.07) is 4.21. The number of hydrogen-bond donors (Lipinski definition) is 2. The van der Waals surface area contributed by atoms with Crippen molar-refractivity contribution in [2.75, 3.05) is 31.1 Å². The van der Waals surface area contributed by atoms with Crippen molar-refractivity contribution in [2.45, 2.75) is 25.6 Å². The van der Waals surface area contributed by atoms with Crippen LogP contribution in [0.3, 0.4) is 0 Å². The van der Waals surface area contributed by atoms with Crippen molar-refractivity contribution in [1.29, 1.82) is 0 Å². The Kier molecular flexibility index (Phi) is 7.10. The maximum Gasteiger partial charge on any atom is 0.416 e. The van der Waals surface area contributed by atoms with Gasteiger partial charge in [0.1, 0.15) is 11.9 Å². The van der Waals surface area contributed by atoms with Crippen LogP contribution in [-0.2, 0) is 20.8 Å². The van der Waals surface area contributed by atoms with Crippen LogP contribution < -0.4 is 15.4 Å². The second kappa shape index (κ2) is 8.92. The first-order valence-corrected chi connectivity index (χ1v) is 10.4. The van der Waals surface area contributed by atoms with Gasteiger partial charge >= 0.3 is 6.18 Å². The molecule has 27 heavy (non-hydrogen) atoms. The topological polar surface area (TPSA) is 84.5 Å². The van der Waals surface area contributed by atoms with E-state index < -0.39 is 27.7 Å². The van der Waals surface area contributed by atoms with Gasteiger partial charge in [0.25, 0.3) is 0 Å². The van der Waals surface area contributed by atoms with Crippen molar-refractivity contribution in [3.8, 4) is 5.75 Å². The predicted octanol–water partition coefficient (Wildman–Crippen LogP) is 1.61. The van der Waals surface area contributed by atoms with E-state index in [0.717, 1.165) is 18.7 Å². The van der Waals surface area contributed by atoms with Gasteiger partial charge in [0.05, 0.1) is 17.1 Å². The van der Waals surface area contributed by atoms with Crippen LogP contribution in [0.2, 0.25) is 0 Å². The largest absolute Gasteiger partial charge is 0.489 e. The Bertz CT molecular complexity index is 730. The SMILES string of the molecule is CC(=O)NCCS(=O)(=O)CC(Oc1ccc(C(F)(F)F)cc1)[C@H]1CCNC1. The van der Waals surface area contributed by atoms with Crippen molar-refractivity contribution in [3.63, 3.8) is 0 Å². The number of carbonyl (C=O) groups is 1. The second-order valence-corrected chi connectivity index (χ2v) is 8.76. The molecule has 1 saturated heterocycles. The van der Waals surface area contributed by atoms with Gasteiger partial charge in [-0.15, -0.1) is 0 Å². The number of benzene rings is 1. The lowest BCUT2D eigenvalue weighted by molar-refractivity contribution is -0.137. The van der Waals surface area contributed by atoms with E-state index in [2.05, 4.69) is 10.6 Å². The van der Waals surface area contributed by atoms with E-state index in [0.29, 0.717) is 13.0 Å². The first-order valence-electron chi connectivity index (χ1n) is 8.56. The molecule has 0 radical (unpaired) electrons. The average Bonchev–Trinajstić information content (AvgIpc) is 3.07. The van der Waals surface area contributed by atoms with Crippen LogP contribution in [0.4, 0.5) is 13.2 Å². The highest BCUT2D eigenvalue weighted by Gasteiger charge is 2.32. The van der Waals surface area contributed by atoms with Gasteiger partial charge in [-0.3, -0.25) is 4.79 Å². The number of sulfone groups is 1. The molecule has 2 atom stereocenters. The summed E-state index contributed by atoms with van der Waals surface area (Å²) >= 11 is 0. The Morgan fingerprint density at radius 2 is 2.00 bits per heavy atom. The molecular formula is C17H23F3N2O4S. The average molecular weight is 408 g/mol. The van der Waals surface area contributed by atoms with E-state index in [4.69, 9.17) is 4.74 Å². The van der Waals surface area contributed by atoms with Crippen molar-refractivity contribution >= 4 is 15.7 Å². The minimum atomic E-state index is -4.44. The summed E-state index contributed by atoms with van der Waals surface area (Å²) < 4.78 is 68.5. The number of hydrogen-bond acceptors (Lipinski definition) is 5. The molecule has 1 aliphatic rings. The Morgan fingerprint density at radius 1 is 1.33 bits per heavy atom. The van der Waals surface area contributed by atoms with Crippen molar-refractivity contribution in [2.24, 2.45) is 5.92 Å². The number of carbonyl (C=O) groups excluding carboxylic acids is 1. The van der Waals surface area contributed by atoms with E-state index in [9.17, 15) is 26.4 Å². The Labute approximate surface area is 156 Å².